The third-order valence-corrected chi connectivity index (χ3v) is 2.98. The molecule has 0 atom stereocenters. The Kier molecular flexibility index (Phi) is 6.36. The molecule has 1 heterocycles. The lowest BCUT2D eigenvalue weighted by Gasteiger charge is -2.36. The number of alkyl halides is 3. The zero-order valence-corrected chi connectivity index (χ0v) is 11.2. The number of halogens is 3. The van der Waals surface area contributed by atoms with E-state index in [4.69, 9.17) is 5.84 Å². The van der Waals surface area contributed by atoms with E-state index in [0.29, 0.717) is 38.7 Å². The molecule has 8 heteroatoms. The molecule has 1 fully saturated rings. The highest BCUT2D eigenvalue weighted by atomic mass is 19.4. The minimum absolute atomic E-state index is 0.369. The number of nitrogens with zero attached hydrogens (tertiary/aromatic N) is 3. The van der Waals surface area contributed by atoms with E-state index in [1.807, 2.05) is 4.90 Å². The number of hydrogen-bond donors (Lipinski definition) is 2. The van der Waals surface area contributed by atoms with Crippen LogP contribution < -0.4 is 11.3 Å². The van der Waals surface area contributed by atoms with E-state index in [2.05, 4.69) is 17.3 Å². The van der Waals surface area contributed by atoms with Crippen molar-refractivity contribution in [3.8, 4) is 0 Å². The number of hydrazine groups is 1. The summed E-state index contributed by atoms with van der Waals surface area (Å²) < 4.78 is 36.8. The molecule has 1 aliphatic rings. The van der Waals surface area contributed by atoms with Gasteiger partial charge in [0.25, 0.3) is 0 Å². The summed E-state index contributed by atoms with van der Waals surface area (Å²) in [5.74, 6) is 5.98. The first kappa shape index (κ1) is 16.0. The fraction of sp³-hybridized carbons (Fsp3) is 0.909. The van der Waals surface area contributed by atoms with Crippen molar-refractivity contribution in [1.29, 1.82) is 0 Å². The molecular weight excluding hydrogens is 259 g/mol. The SMILES string of the molecule is CCCCN=C(NN)N1CCN(CC(F)(F)F)CC1. The highest BCUT2D eigenvalue weighted by Gasteiger charge is 2.32. The fourth-order valence-electron chi connectivity index (χ4n) is 1.95. The van der Waals surface area contributed by atoms with Gasteiger partial charge in [-0.05, 0) is 6.42 Å². The summed E-state index contributed by atoms with van der Waals surface area (Å²) in [5, 5.41) is 0. The molecule has 0 amide bonds. The summed E-state index contributed by atoms with van der Waals surface area (Å²) in [6, 6.07) is 0. The molecule has 0 aromatic heterocycles. The Hall–Kier alpha value is -1.02. The van der Waals surface area contributed by atoms with Gasteiger partial charge in [0.15, 0.2) is 0 Å². The molecule has 0 spiro atoms. The van der Waals surface area contributed by atoms with Crippen LogP contribution >= 0.6 is 0 Å². The first-order valence-electron chi connectivity index (χ1n) is 6.51. The number of guanidine groups is 1. The molecule has 0 unspecified atom stereocenters. The van der Waals surface area contributed by atoms with Crippen molar-refractivity contribution in [2.24, 2.45) is 10.8 Å². The first-order valence-corrected chi connectivity index (χ1v) is 6.51. The lowest BCUT2D eigenvalue weighted by Crippen LogP contribution is -2.55. The van der Waals surface area contributed by atoms with Crippen molar-refractivity contribution in [3.05, 3.63) is 0 Å². The van der Waals surface area contributed by atoms with E-state index in [1.165, 1.54) is 4.90 Å². The zero-order valence-electron chi connectivity index (χ0n) is 11.2. The van der Waals surface area contributed by atoms with Crippen LogP contribution in [0.1, 0.15) is 19.8 Å². The first-order chi connectivity index (χ1) is 8.96. The normalized spacial score (nSPS) is 18.8. The van der Waals surface area contributed by atoms with Gasteiger partial charge in [0.1, 0.15) is 0 Å². The quantitative estimate of drug-likeness (QED) is 0.263. The van der Waals surface area contributed by atoms with Crippen molar-refractivity contribution in [3.63, 3.8) is 0 Å². The zero-order chi connectivity index (χ0) is 14.3. The van der Waals surface area contributed by atoms with E-state index < -0.39 is 12.7 Å². The molecule has 1 aliphatic heterocycles. The topological polar surface area (TPSA) is 56.9 Å². The van der Waals surface area contributed by atoms with Crippen LogP contribution in [-0.2, 0) is 0 Å². The Morgan fingerprint density at radius 2 is 1.89 bits per heavy atom. The maximum atomic E-state index is 12.3. The second-order valence-corrected chi connectivity index (χ2v) is 4.58. The van der Waals surface area contributed by atoms with Gasteiger partial charge >= 0.3 is 6.18 Å². The number of unbranched alkanes of at least 4 members (excludes halogenated alkanes) is 1. The van der Waals surface area contributed by atoms with Gasteiger partial charge in [-0.3, -0.25) is 15.3 Å². The predicted octanol–water partition coefficient (Wildman–Crippen LogP) is 0.786. The van der Waals surface area contributed by atoms with Crippen molar-refractivity contribution in [2.45, 2.75) is 25.9 Å². The molecule has 0 aliphatic carbocycles. The maximum Gasteiger partial charge on any atom is 0.401 e. The molecule has 1 saturated heterocycles. The standard InChI is InChI=1S/C11H22F3N5/c1-2-3-4-16-10(17-15)19-7-5-18(6-8-19)9-11(12,13)14/h2-9,15H2,1H3,(H,16,17). The summed E-state index contributed by atoms with van der Waals surface area (Å²) >= 11 is 0. The average Bonchev–Trinajstić information content (AvgIpc) is 2.34. The molecule has 112 valence electrons. The molecule has 5 nitrogen and oxygen atoms in total. The fourth-order valence-corrected chi connectivity index (χ4v) is 1.95. The summed E-state index contributed by atoms with van der Waals surface area (Å²) in [5.41, 5.74) is 2.53. The van der Waals surface area contributed by atoms with Crippen molar-refractivity contribution < 1.29 is 13.2 Å². The van der Waals surface area contributed by atoms with E-state index in [-0.39, 0.29) is 0 Å². The number of nitrogens with one attached hydrogen (secondary N) is 1. The maximum absolute atomic E-state index is 12.3. The monoisotopic (exact) mass is 281 g/mol. The highest BCUT2D eigenvalue weighted by molar-refractivity contribution is 5.79. The molecule has 0 aromatic carbocycles. The van der Waals surface area contributed by atoms with Gasteiger partial charge in [-0.15, -0.1) is 0 Å². The summed E-state index contributed by atoms with van der Waals surface area (Å²) in [4.78, 5) is 7.61. The van der Waals surface area contributed by atoms with Crippen LogP contribution in [0.4, 0.5) is 13.2 Å². The number of hydrogen-bond acceptors (Lipinski definition) is 3. The Morgan fingerprint density at radius 3 is 2.37 bits per heavy atom. The Morgan fingerprint density at radius 1 is 1.26 bits per heavy atom. The Bertz CT molecular complexity index is 285. The molecule has 1 rings (SSSR count). The number of rotatable bonds is 4. The molecule has 0 bridgehead atoms. The molecule has 0 aromatic rings. The van der Waals surface area contributed by atoms with Gasteiger partial charge in [0.05, 0.1) is 6.54 Å². The van der Waals surface area contributed by atoms with Crippen LogP contribution in [0.3, 0.4) is 0 Å². The third kappa shape index (κ3) is 6.11. The third-order valence-electron chi connectivity index (χ3n) is 2.98. The van der Waals surface area contributed by atoms with Crippen LogP contribution in [0.25, 0.3) is 0 Å². The minimum atomic E-state index is -4.13. The summed E-state index contributed by atoms with van der Waals surface area (Å²) in [7, 11) is 0. The van der Waals surface area contributed by atoms with Gasteiger partial charge in [0, 0.05) is 32.7 Å². The highest BCUT2D eigenvalue weighted by Crippen LogP contribution is 2.17. The predicted molar refractivity (Wildman–Crippen MR) is 68.6 cm³/mol. The Labute approximate surface area is 111 Å². The van der Waals surface area contributed by atoms with Gasteiger partial charge < -0.3 is 4.90 Å². The van der Waals surface area contributed by atoms with E-state index >= 15 is 0 Å². The van der Waals surface area contributed by atoms with Crippen molar-refractivity contribution >= 4 is 5.96 Å². The Balaban J connectivity index is 2.41. The lowest BCUT2D eigenvalue weighted by atomic mass is 10.3. The van der Waals surface area contributed by atoms with Crippen molar-refractivity contribution in [2.75, 3.05) is 39.3 Å². The van der Waals surface area contributed by atoms with Gasteiger partial charge in [0.2, 0.25) is 5.96 Å². The number of aliphatic imine (C=N–C) groups is 1. The summed E-state index contributed by atoms with van der Waals surface area (Å²) in [6.45, 7) is 3.65. The molecule has 0 radical (unpaired) electrons. The van der Waals surface area contributed by atoms with Crippen LogP contribution in [0.5, 0.6) is 0 Å². The van der Waals surface area contributed by atoms with E-state index in [9.17, 15) is 13.2 Å². The van der Waals surface area contributed by atoms with E-state index in [1.54, 1.807) is 0 Å². The number of nitrogens with two attached hydrogens (primary N) is 1. The van der Waals surface area contributed by atoms with Crippen LogP contribution in [0.2, 0.25) is 0 Å². The average molecular weight is 281 g/mol. The van der Waals surface area contributed by atoms with Crippen LogP contribution in [0.15, 0.2) is 4.99 Å². The smallest absolute Gasteiger partial charge is 0.339 e. The number of piperazine rings is 1. The largest absolute Gasteiger partial charge is 0.401 e. The molecule has 0 saturated carbocycles. The van der Waals surface area contributed by atoms with Gasteiger partial charge in [-0.2, -0.15) is 13.2 Å². The molecule has 19 heavy (non-hydrogen) atoms. The lowest BCUT2D eigenvalue weighted by molar-refractivity contribution is -0.148. The minimum Gasteiger partial charge on any atom is -0.339 e. The second-order valence-electron chi connectivity index (χ2n) is 4.58. The van der Waals surface area contributed by atoms with Crippen LogP contribution in [-0.4, -0.2) is 61.2 Å². The molecule has 3 N–H and O–H groups in total. The summed E-state index contributed by atoms with van der Waals surface area (Å²) in [6.07, 6.45) is -2.12. The molecular formula is C11H22F3N5. The van der Waals surface area contributed by atoms with Gasteiger partial charge in [-0.25, -0.2) is 5.84 Å². The van der Waals surface area contributed by atoms with Crippen molar-refractivity contribution in [1.82, 2.24) is 15.2 Å². The second kappa shape index (κ2) is 7.54. The van der Waals surface area contributed by atoms with E-state index in [0.717, 1.165) is 12.8 Å². The van der Waals surface area contributed by atoms with Crippen LogP contribution in [0, 0.1) is 0 Å². The van der Waals surface area contributed by atoms with Gasteiger partial charge in [-0.1, -0.05) is 13.3 Å².